The number of carbonyl (C=O) groups excluding carboxylic acids is 1. The number of aryl methyl sites for hydroxylation is 2. The van der Waals surface area contributed by atoms with E-state index < -0.39 is 0 Å². The van der Waals surface area contributed by atoms with Crippen molar-refractivity contribution in [1.82, 2.24) is 19.8 Å². The zero-order valence-electron chi connectivity index (χ0n) is 14.8. The van der Waals surface area contributed by atoms with Crippen molar-refractivity contribution in [2.45, 2.75) is 33.1 Å². The van der Waals surface area contributed by atoms with Gasteiger partial charge in [0.1, 0.15) is 11.5 Å². The van der Waals surface area contributed by atoms with Crippen LogP contribution in [0.2, 0.25) is 0 Å². The number of aromatic nitrogens is 2. The Morgan fingerprint density at radius 1 is 1.21 bits per heavy atom. The highest BCUT2D eigenvalue weighted by molar-refractivity contribution is 5.92. The minimum atomic E-state index is 0.0337. The monoisotopic (exact) mass is 332 g/mol. The summed E-state index contributed by atoms with van der Waals surface area (Å²) in [6.45, 7) is 10.2. The maximum atomic E-state index is 12.8. The molecule has 1 unspecified atom stereocenters. The molecule has 1 aromatic heterocycles. The molecule has 3 heterocycles. The smallest absolute Gasteiger partial charge is 0.272 e. The van der Waals surface area contributed by atoms with Gasteiger partial charge in [0.25, 0.3) is 5.91 Å². The second kappa shape index (κ2) is 8.03. The molecule has 6 nitrogen and oxygen atoms in total. The fourth-order valence-corrected chi connectivity index (χ4v) is 3.66. The molecule has 2 fully saturated rings. The van der Waals surface area contributed by atoms with Gasteiger partial charge in [-0.25, -0.2) is 9.97 Å². The van der Waals surface area contributed by atoms with Gasteiger partial charge in [0.15, 0.2) is 0 Å². The number of hydrogen-bond acceptors (Lipinski definition) is 5. The molecule has 1 amide bonds. The molecular weight excluding hydrogens is 304 g/mol. The molecule has 0 aromatic carbocycles. The van der Waals surface area contributed by atoms with Crippen molar-refractivity contribution >= 4 is 5.91 Å². The summed E-state index contributed by atoms with van der Waals surface area (Å²) in [5.74, 6) is 1.34. The molecule has 132 valence electrons. The van der Waals surface area contributed by atoms with Crippen LogP contribution < -0.4 is 0 Å². The number of nitrogens with zero attached hydrogens (tertiary/aromatic N) is 4. The van der Waals surface area contributed by atoms with Crippen molar-refractivity contribution in [2.24, 2.45) is 5.92 Å². The molecule has 1 atom stereocenters. The third-order valence-electron chi connectivity index (χ3n) is 4.83. The van der Waals surface area contributed by atoms with Gasteiger partial charge in [-0.15, -0.1) is 0 Å². The fourth-order valence-electron chi connectivity index (χ4n) is 3.66. The summed E-state index contributed by atoms with van der Waals surface area (Å²) in [7, 11) is 0. The molecule has 2 aliphatic heterocycles. The van der Waals surface area contributed by atoms with Gasteiger partial charge in [0.2, 0.25) is 0 Å². The lowest BCUT2D eigenvalue weighted by Crippen LogP contribution is -2.38. The van der Waals surface area contributed by atoms with Crippen molar-refractivity contribution in [3.63, 3.8) is 0 Å². The molecule has 3 rings (SSSR count). The molecule has 0 aliphatic carbocycles. The summed E-state index contributed by atoms with van der Waals surface area (Å²) in [6.07, 6.45) is 3.45. The molecule has 24 heavy (non-hydrogen) atoms. The van der Waals surface area contributed by atoms with Crippen molar-refractivity contribution in [1.29, 1.82) is 0 Å². The first-order valence-corrected chi connectivity index (χ1v) is 9.03. The van der Waals surface area contributed by atoms with E-state index >= 15 is 0 Å². The minimum absolute atomic E-state index is 0.0337. The highest BCUT2D eigenvalue weighted by Gasteiger charge is 2.24. The number of carbonyl (C=O) groups is 1. The summed E-state index contributed by atoms with van der Waals surface area (Å²) in [4.78, 5) is 25.8. The molecule has 6 heteroatoms. The molecule has 0 N–H and O–H groups in total. The van der Waals surface area contributed by atoms with Crippen LogP contribution in [-0.4, -0.2) is 71.6 Å². The van der Waals surface area contributed by atoms with Gasteiger partial charge in [-0.2, -0.15) is 0 Å². The van der Waals surface area contributed by atoms with Crippen LogP contribution in [0, 0.1) is 19.8 Å². The molecule has 0 saturated carbocycles. The van der Waals surface area contributed by atoms with Crippen LogP contribution in [0.1, 0.15) is 41.3 Å². The van der Waals surface area contributed by atoms with Gasteiger partial charge in [0, 0.05) is 38.5 Å². The van der Waals surface area contributed by atoms with Crippen molar-refractivity contribution < 1.29 is 9.53 Å². The van der Waals surface area contributed by atoms with E-state index in [4.69, 9.17) is 4.74 Å². The quantitative estimate of drug-likeness (QED) is 0.843. The normalized spacial score (nSPS) is 23.1. The van der Waals surface area contributed by atoms with Gasteiger partial charge in [-0.3, -0.25) is 4.79 Å². The maximum Gasteiger partial charge on any atom is 0.272 e. The Labute approximate surface area is 144 Å². The average molecular weight is 332 g/mol. The number of ether oxygens (including phenoxy) is 1. The fraction of sp³-hybridized carbons (Fsp3) is 0.722. The first-order chi connectivity index (χ1) is 11.6. The molecule has 0 bridgehead atoms. The van der Waals surface area contributed by atoms with Gasteiger partial charge in [-0.05, 0) is 51.6 Å². The van der Waals surface area contributed by atoms with Gasteiger partial charge < -0.3 is 14.5 Å². The predicted molar refractivity (Wildman–Crippen MR) is 92.0 cm³/mol. The van der Waals surface area contributed by atoms with E-state index in [9.17, 15) is 4.79 Å². The third kappa shape index (κ3) is 4.51. The maximum absolute atomic E-state index is 12.8. The zero-order chi connectivity index (χ0) is 16.9. The Hall–Kier alpha value is -1.53. The first-order valence-electron chi connectivity index (χ1n) is 9.03. The lowest BCUT2D eigenvalue weighted by molar-refractivity contribution is 0.0389. The average Bonchev–Trinajstić information content (AvgIpc) is 2.80. The van der Waals surface area contributed by atoms with Crippen LogP contribution in [0.15, 0.2) is 6.07 Å². The van der Waals surface area contributed by atoms with E-state index in [0.717, 1.165) is 58.1 Å². The summed E-state index contributed by atoms with van der Waals surface area (Å²) < 4.78 is 5.59. The number of rotatable bonds is 3. The Morgan fingerprint density at radius 3 is 2.83 bits per heavy atom. The molecule has 1 aromatic rings. The van der Waals surface area contributed by atoms with Crippen molar-refractivity contribution in [3.8, 4) is 0 Å². The van der Waals surface area contributed by atoms with E-state index in [1.165, 1.54) is 12.8 Å². The minimum Gasteiger partial charge on any atom is -0.381 e. The summed E-state index contributed by atoms with van der Waals surface area (Å²) in [5.41, 5.74) is 1.37. The molecule has 0 spiro atoms. The Kier molecular flexibility index (Phi) is 5.79. The lowest BCUT2D eigenvalue weighted by Gasteiger charge is -2.28. The summed E-state index contributed by atoms with van der Waals surface area (Å²) in [5, 5.41) is 0. The lowest BCUT2D eigenvalue weighted by atomic mass is 10.0. The Bertz CT molecular complexity index is 552. The van der Waals surface area contributed by atoms with Gasteiger partial charge in [-0.1, -0.05) is 0 Å². The summed E-state index contributed by atoms with van der Waals surface area (Å²) >= 11 is 0. The van der Waals surface area contributed by atoms with E-state index in [1.54, 1.807) is 6.07 Å². The molecule has 2 saturated heterocycles. The second-order valence-electron chi connectivity index (χ2n) is 6.97. The van der Waals surface area contributed by atoms with Gasteiger partial charge in [0.05, 0.1) is 6.61 Å². The second-order valence-corrected chi connectivity index (χ2v) is 6.97. The van der Waals surface area contributed by atoms with Gasteiger partial charge >= 0.3 is 0 Å². The van der Waals surface area contributed by atoms with Crippen LogP contribution in [0.25, 0.3) is 0 Å². The molecule has 0 radical (unpaired) electrons. The Morgan fingerprint density at radius 2 is 2.08 bits per heavy atom. The highest BCUT2D eigenvalue weighted by Crippen LogP contribution is 2.16. The van der Waals surface area contributed by atoms with E-state index in [1.807, 2.05) is 18.7 Å². The van der Waals surface area contributed by atoms with E-state index in [0.29, 0.717) is 17.4 Å². The molecule has 2 aliphatic rings. The van der Waals surface area contributed by atoms with E-state index in [2.05, 4.69) is 14.9 Å². The standard InChI is InChI=1S/C18H28N4O2/c1-14-11-17(20-15(2)19-14)18(23)22-7-4-6-21(8-9-22)12-16-5-3-10-24-13-16/h11,16H,3-10,12-13H2,1-2H3. The first kappa shape index (κ1) is 17.3. The third-order valence-corrected chi connectivity index (χ3v) is 4.83. The number of amides is 1. The van der Waals surface area contributed by atoms with Crippen LogP contribution in [0.3, 0.4) is 0 Å². The Balaban J connectivity index is 1.57. The van der Waals surface area contributed by atoms with Crippen LogP contribution in [-0.2, 0) is 4.74 Å². The van der Waals surface area contributed by atoms with Crippen LogP contribution in [0.4, 0.5) is 0 Å². The molecular formula is C18H28N4O2. The van der Waals surface area contributed by atoms with Crippen LogP contribution in [0.5, 0.6) is 0 Å². The van der Waals surface area contributed by atoms with Crippen molar-refractivity contribution in [2.75, 3.05) is 45.9 Å². The zero-order valence-corrected chi connectivity index (χ0v) is 14.8. The summed E-state index contributed by atoms with van der Waals surface area (Å²) in [6, 6.07) is 1.79. The highest BCUT2D eigenvalue weighted by atomic mass is 16.5. The van der Waals surface area contributed by atoms with Crippen LogP contribution >= 0.6 is 0 Å². The predicted octanol–water partition coefficient (Wildman–Crippen LogP) is 1.67. The number of hydrogen-bond donors (Lipinski definition) is 0. The van der Waals surface area contributed by atoms with Crippen molar-refractivity contribution in [3.05, 3.63) is 23.3 Å². The SMILES string of the molecule is Cc1cc(C(=O)N2CCCN(CC3CCCOC3)CC2)nc(C)n1. The van der Waals surface area contributed by atoms with E-state index in [-0.39, 0.29) is 5.91 Å². The topological polar surface area (TPSA) is 58.6 Å². The largest absolute Gasteiger partial charge is 0.381 e.